The summed E-state index contributed by atoms with van der Waals surface area (Å²) in [7, 11) is 0. The summed E-state index contributed by atoms with van der Waals surface area (Å²) in [6.07, 6.45) is 7.13. The van der Waals surface area contributed by atoms with Crippen molar-refractivity contribution >= 4 is 17.8 Å². The molecule has 2 aliphatic rings. The molecule has 2 aliphatic heterocycles. The minimum atomic E-state index is -1.23. The summed E-state index contributed by atoms with van der Waals surface area (Å²) in [4.78, 5) is 30.0. The number of cyclic esters (lactones) is 1. The van der Waals surface area contributed by atoms with Gasteiger partial charge in [0.2, 0.25) is 0 Å². The number of aliphatic hydroxyl groups excluding tert-OH is 2. The van der Waals surface area contributed by atoms with Crippen LogP contribution >= 0.6 is 0 Å². The topological polar surface area (TPSA) is 109 Å². The maximum atomic E-state index is 13.2. The third-order valence-corrected chi connectivity index (χ3v) is 7.62. The van der Waals surface area contributed by atoms with Crippen molar-refractivity contribution in [2.24, 2.45) is 17.3 Å². The second kappa shape index (κ2) is 10.7. The molecular weight excluding hydrogens is 434 g/mol. The van der Waals surface area contributed by atoms with Gasteiger partial charge in [0.15, 0.2) is 0 Å². The lowest BCUT2D eigenvalue weighted by Gasteiger charge is -2.34. The minimum Gasteiger partial charge on any atom is -0.458 e. The van der Waals surface area contributed by atoms with Crippen molar-refractivity contribution < 1.29 is 29.3 Å². The molecule has 3 heterocycles. The molecule has 188 valence electrons. The number of fused-ring (bicyclic) bond motifs is 1. The fourth-order valence-electron chi connectivity index (χ4n) is 4.85. The molecule has 3 rings (SSSR count). The Morgan fingerprint density at radius 2 is 1.91 bits per heavy atom. The summed E-state index contributed by atoms with van der Waals surface area (Å²) >= 11 is 0. The molecule has 0 bridgehead atoms. The van der Waals surface area contributed by atoms with E-state index < -0.39 is 35.6 Å². The van der Waals surface area contributed by atoms with E-state index in [0.717, 1.165) is 24.8 Å². The Kier molecular flexibility index (Phi) is 8.32. The van der Waals surface area contributed by atoms with Crippen LogP contribution in [0.25, 0.3) is 6.08 Å². The molecule has 2 N–H and O–H groups in total. The van der Waals surface area contributed by atoms with E-state index in [1.165, 1.54) is 0 Å². The Balaban J connectivity index is 1.81. The summed E-state index contributed by atoms with van der Waals surface area (Å²) < 4.78 is 11.7. The Morgan fingerprint density at radius 1 is 1.18 bits per heavy atom. The number of pyridine rings is 1. The van der Waals surface area contributed by atoms with Crippen LogP contribution in [0.5, 0.6) is 0 Å². The van der Waals surface area contributed by atoms with E-state index in [2.05, 4.69) is 11.9 Å². The molecule has 1 aromatic heterocycles. The lowest BCUT2D eigenvalue weighted by Crippen LogP contribution is -2.45. The van der Waals surface area contributed by atoms with E-state index in [9.17, 15) is 19.8 Å². The van der Waals surface area contributed by atoms with Crippen molar-refractivity contribution in [1.82, 2.24) is 4.98 Å². The molecular formula is C27H39NO6. The maximum Gasteiger partial charge on any atom is 0.309 e. The van der Waals surface area contributed by atoms with Crippen LogP contribution in [0.3, 0.4) is 0 Å². The first-order chi connectivity index (χ1) is 15.9. The monoisotopic (exact) mass is 473 g/mol. The van der Waals surface area contributed by atoms with E-state index in [4.69, 9.17) is 9.47 Å². The van der Waals surface area contributed by atoms with Gasteiger partial charge in [-0.1, -0.05) is 46.3 Å². The number of esters is 1. The molecule has 0 radical (unpaired) electrons. The molecule has 0 aromatic carbocycles. The number of Topliss-reactive ketones (excluding diaryl/α,β-unsaturated/α-hetero) is 1. The Bertz CT molecular complexity index is 884. The number of carbonyl (C=O) groups is 2. The molecule has 7 nitrogen and oxygen atoms in total. The Hall–Kier alpha value is -2.09. The second-order valence-electron chi connectivity index (χ2n) is 10.8. The van der Waals surface area contributed by atoms with Gasteiger partial charge in [-0.15, -0.1) is 0 Å². The van der Waals surface area contributed by atoms with Crippen LogP contribution < -0.4 is 0 Å². The number of ketones is 1. The third kappa shape index (κ3) is 6.32. The largest absolute Gasteiger partial charge is 0.458 e. The van der Waals surface area contributed by atoms with Gasteiger partial charge >= 0.3 is 5.97 Å². The number of nitrogens with zero attached hydrogens (tertiary/aromatic N) is 1. The normalized spacial score (nSPS) is 37.7. The number of epoxide rings is 1. The fourth-order valence-corrected chi connectivity index (χ4v) is 4.85. The molecule has 0 spiro atoms. The fraction of sp³-hybridized carbons (Fsp3) is 0.667. The molecule has 7 atom stereocenters. The van der Waals surface area contributed by atoms with Gasteiger partial charge in [0.05, 0.1) is 35.7 Å². The van der Waals surface area contributed by atoms with Crippen LogP contribution in [-0.2, 0) is 19.1 Å². The maximum absolute atomic E-state index is 13.2. The molecule has 1 unspecified atom stereocenters. The van der Waals surface area contributed by atoms with Gasteiger partial charge in [-0.25, -0.2) is 0 Å². The number of hydrogen-bond acceptors (Lipinski definition) is 7. The van der Waals surface area contributed by atoms with Crippen LogP contribution in [0, 0.1) is 17.3 Å². The molecule has 0 aliphatic carbocycles. The van der Waals surface area contributed by atoms with Gasteiger partial charge in [-0.3, -0.25) is 14.6 Å². The summed E-state index contributed by atoms with van der Waals surface area (Å²) in [6, 6.07) is 3.74. The smallest absolute Gasteiger partial charge is 0.309 e. The average Bonchev–Trinajstić information content (AvgIpc) is 3.44. The number of rotatable bonds is 2. The highest BCUT2D eigenvalue weighted by molar-refractivity contribution is 5.88. The lowest BCUT2D eigenvalue weighted by molar-refractivity contribution is -0.154. The van der Waals surface area contributed by atoms with Crippen LogP contribution in [0.4, 0.5) is 0 Å². The van der Waals surface area contributed by atoms with Gasteiger partial charge in [0.1, 0.15) is 11.9 Å². The first-order valence-corrected chi connectivity index (χ1v) is 12.3. The van der Waals surface area contributed by atoms with Crippen molar-refractivity contribution in [3.63, 3.8) is 0 Å². The van der Waals surface area contributed by atoms with Crippen LogP contribution in [0.15, 0.2) is 30.6 Å². The number of aliphatic hydroxyl groups is 2. The van der Waals surface area contributed by atoms with Gasteiger partial charge in [0, 0.05) is 24.7 Å². The van der Waals surface area contributed by atoms with Gasteiger partial charge in [0.25, 0.3) is 0 Å². The summed E-state index contributed by atoms with van der Waals surface area (Å²) in [5.41, 5.74) is -0.606. The second-order valence-corrected chi connectivity index (χ2v) is 10.8. The van der Waals surface area contributed by atoms with Crippen molar-refractivity contribution in [2.75, 3.05) is 0 Å². The SMILES string of the molecule is CC1C(=O)C(C)(C)[C@@H](O)CC(=O)O[C@H](C=Cc2cccnc2)C[C@@H]2O[C@@]2(C)CCC[C@H](C)[C@@H]1O. The zero-order chi connectivity index (χ0) is 25.1. The van der Waals surface area contributed by atoms with Crippen LogP contribution in [0.2, 0.25) is 0 Å². The van der Waals surface area contributed by atoms with E-state index in [-0.39, 0.29) is 29.8 Å². The quantitative estimate of drug-likeness (QED) is 0.498. The van der Waals surface area contributed by atoms with Gasteiger partial charge in [-0.2, -0.15) is 0 Å². The first-order valence-electron chi connectivity index (χ1n) is 12.3. The molecule has 34 heavy (non-hydrogen) atoms. The lowest BCUT2D eigenvalue weighted by atomic mass is 9.73. The highest BCUT2D eigenvalue weighted by Gasteiger charge is 2.52. The number of aromatic nitrogens is 1. The van der Waals surface area contributed by atoms with E-state index in [0.29, 0.717) is 6.42 Å². The molecule has 2 saturated heterocycles. The van der Waals surface area contributed by atoms with Crippen LogP contribution in [-0.4, -0.2) is 57.0 Å². The number of ether oxygens (including phenoxy) is 2. The predicted molar refractivity (Wildman–Crippen MR) is 129 cm³/mol. The van der Waals surface area contributed by atoms with Gasteiger partial charge < -0.3 is 19.7 Å². The van der Waals surface area contributed by atoms with Crippen molar-refractivity contribution in [1.29, 1.82) is 0 Å². The van der Waals surface area contributed by atoms with E-state index in [1.54, 1.807) is 33.2 Å². The third-order valence-electron chi connectivity index (χ3n) is 7.62. The molecule has 1 aromatic rings. The summed E-state index contributed by atoms with van der Waals surface area (Å²) in [5, 5.41) is 21.6. The zero-order valence-corrected chi connectivity index (χ0v) is 20.9. The molecule has 0 amide bonds. The highest BCUT2D eigenvalue weighted by Crippen LogP contribution is 2.44. The van der Waals surface area contributed by atoms with Crippen LogP contribution in [0.1, 0.15) is 72.3 Å². The highest BCUT2D eigenvalue weighted by atomic mass is 16.6. The minimum absolute atomic E-state index is 0.0427. The van der Waals surface area contributed by atoms with Crippen molar-refractivity contribution in [3.8, 4) is 0 Å². The first kappa shape index (κ1) is 26.5. The average molecular weight is 474 g/mol. The number of hydrogen-bond donors (Lipinski definition) is 2. The molecule has 0 saturated carbocycles. The van der Waals surface area contributed by atoms with Gasteiger partial charge in [-0.05, 0) is 43.4 Å². The zero-order valence-electron chi connectivity index (χ0n) is 20.9. The molecule has 2 fully saturated rings. The van der Waals surface area contributed by atoms with Crippen molar-refractivity contribution in [2.45, 2.75) is 96.7 Å². The number of carbonyl (C=O) groups excluding carboxylic acids is 2. The van der Waals surface area contributed by atoms with E-state index in [1.807, 2.05) is 31.2 Å². The standard InChI is InChI=1S/C27H39NO6/c1-17-8-6-12-27(5)22(34-27)14-20(11-10-19-9-7-13-28-16-19)33-23(30)15-21(29)26(3,4)25(32)18(2)24(17)31/h7,9-11,13,16-18,20-22,24,29,31H,6,8,12,14-15H2,1-5H3/t17-,18?,20+,21-,22-,24-,27-/m0/s1. The van der Waals surface area contributed by atoms with E-state index >= 15 is 0 Å². The summed E-state index contributed by atoms with van der Waals surface area (Å²) in [5.74, 6) is -1.56. The summed E-state index contributed by atoms with van der Waals surface area (Å²) in [6.45, 7) is 8.94. The van der Waals surface area contributed by atoms with Crippen molar-refractivity contribution in [3.05, 3.63) is 36.2 Å². The Morgan fingerprint density at radius 3 is 2.59 bits per heavy atom. The predicted octanol–water partition coefficient (Wildman–Crippen LogP) is 3.72. The molecule has 7 heteroatoms. The Labute approximate surface area is 202 Å².